The molecule has 0 aliphatic rings. The first kappa shape index (κ1) is 11.7. The summed E-state index contributed by atoms with van der Waals surface area (Å²) in [5, 5.41) is 1.37. The van der Waals surface area contributed by atoms with Gasteiger partial charge < -0.3 is 10.2 Å². The van der Waals surface area contributed by atoms with E-state index >= 15 is 0 Å². The van der Waals surface area contributed by atoms with Crippen molar-refractivity contribution < 1.29 is 4.42 Å². The Hall–Kier alpha value is -1.35. The summed E-state index contributed by atoms with van der Waals surface area (Å²) >= 11 is 3.54. The fourth-order valence-corrected chi connectivity index (χ4v) is 2.75. The van der Waals surface area contributed by atoms with Gasteiger partial charge in [-0.2, -0.15) is 0 Å². The Kier molecular flexibility index (Phi) is 3.08. The maximum Gasteiger partial charge on any atom is 0.263 e. The molecule has 1 aromatic carbocycles. The zero-order valence-electron chi connectivity index (χ0n) is 9.00. The number of hydrogen-bond donors (Lipinski definition) is 1. The molecule has 0 amide bonds. The number of halogens is 1. The van der Waals surface area contributed by atoms with Crippen molar-refractivity contribution in [1.82, 2.24) is 15.0 Å². The first-order valence-corrected chi connectivity index (χ1v) is 6.91. The summed E-state index contributed by atoms with van der Waals surface area (Å²) in [6, 6.07) is 5.39. The van der Waals surface area contributed by atoms with E-state index in [2.05, 4.69) is 37.5 Å². The van der Waals surface area contributed by atoms with Crippen LogP contribution in [0.3, 0.4) is 0 Å². The molecule has 18 heavy (non-hydrogen) atoms. The summed E-state index contributed by atoms with van der Waals surface area (Å²) < 4.78 is 6.57. The highest BCUT2D eigenvalue weighted by Crippen LogP contribution is 2.31. The van der Waals surface area contributed by atoms with E-state index in [1.807, 2.05) is 6.07 Å². The third-order valence-electron chi connectivity index (χ3n) is 2.21. The summed E-state index contributed by atoms with van der Waals surface area (Å²) in [5.74, 6) is 0. The number of hydrogen-bond acceptors (Lipinski definition) is 6. The predicted molar refractivity (Wildman–Crippen MR) is 77.3 cm³/mol. The number of nitrogens with zero attached hydrogens (tertiary/aromatic N) is 3. The Labute approximate surface area is 120 Å². The van der Waals surface area contributed by atoms with Gasteiger partial charge in [-0.3, -0.25) is 0 Å². The lowest BCUT2D eigenvalue weighted by Gasteiger charge is -1.96. The third kappa shape index (κ3) is 2.27. The van der Waals surface area contributed by atoms with E-state index in [0.717, 1.165) is 19.7 Å². The van der Waals surface area contributed by atoms with Gasteiger partial charge in [-0.15, -0.1) is 0 Å². The van der Waals surface area contributed by atoms with Crippen molar-refractivity contribution >= 4 is 51.1 Å². The molecule has 0 aliphatic heterocycles. The van der Waals surface area contributed by atoms with Crippen LogP contribution in [0.15, 0.2) is 45.4 Å². The van der Waals surface area contributed by atoms with Gasteiger partial charge in [-0.25, -0.2) is 15.0 Å². The zero-order valence-corrected chi connectivity index (χ0v) is 12.0. The van der Waals surface area contributed by atoms with Crippen LogP contribution in [0.5, 0.6) is 0 Å². The normalized spacial score (nSPS) is 10.9. The van der Waals surface area contributed by atoms with Crippen LogP contribution >= 0.6 is 34.4 Å². The molecule has 3 aromatic rings. The van der Waals surface area contributed by atoms with Crippen molar-refractivity contribution in [2.45, 2.75) is 10.2 Å². The largest absolute Gasteiger partial charge is 0.431 e. The molecule has 0 radical (unpaired) electrons. The van der Waals surface area contributed by atoms with Crippen LogP contribution in [0.2, 0.25) is 0 Å². The highest BCUT2D eigenvalue weighted by Gasteiger charge is 2.10. The molecule has 0 spiro atoms. The summed E-state index contributed by atoms with van der Waals surface area (Å²) in [4.78, 5) is 12.5. The van der Waals surface area contributed by atoms with Crippen LogP contribution in [0.4, 0.5) is 5.69 Å². The average molecular weight is 370 g/mol. The van der Waals surface area contributed by atoms with E-state index in [0.29, 0.717) is 10.9 Å². The van der Waals surface area contributed by atoms with E-state index in [-0.39, 0.29) is 0 Å². The molecule has 7 heteroatoms. The third-order valence-corrected chi connectivity index (χ3v) is 4.23. The number of nitrogen functional groups attached to an aromatic ring is 1. The molecule has 0 saturated carbocycles. The van der Waals surface area contributed by atoms with Gasteiger partial charge in [0, 0.05) is 11.9 Å². The minimum Gasteiger partial charge on any atom is -0.431 e. The van der Waals surface area contributed by atoms with Crippen molar-refractivity contribution in [1.29, 1.82) is 0 Å². The molecule has 0 unspecified atom stereocenters. The quantitative estimate of drug-likeness (QED) is 0.425. The molecular formula is C11H7IN4OS. The van der Waals surface area contributed by atoms with Crippen molar-refractivity contribution in [2.75, 3.05) is 5.73 Å². The van der Waals surface area contributed by atoms with E-state index in [1.54, 1.807) is 18.3 Å². The van der Waals surface area contributed by atoms with Crippen LogP contribution < -0.4 is 5.73 Å². The van der Waals surface area contributed by atoms with Crippen LogP contribution in [0.25, 0.3) is 11.1 Å². The second kappa shape index (κ2) is 4.73. The second-order valence-electron chi connectivity index (χ2n) is 3.48. The molecule has 0 fully saturated rings. The minimum absolute atomic E-state index is 0.548. The van der Waals surface area contributed by atoms with Crippen molar-refractivity contribution in [3.8, 4) is 0 Å². The lowest BCUT2D eigenvalue weighted by atomic mass is 10.3. The van der Waals surface area contributed by atoms with E-state index < -0.39 is 0 Å². The summed E-state index contributed by atoms with van der Waals surface area (Å²) in [5.41, 5.74) is 7.84. The number of aromatic nitrogens is 3. The molecule has 0 aliphatic carbocycles. The van der Waals surface area contributed by atoms with Gasteiger partial charge in [0.15, 0.2) is 5.58 Å². The first-order chi connectivity index (χ1) is 8.72. The first-order valence-electron chi connectivity index (χ1n) is 5.02. The summed E-state index contributed by atoms with van der Waals surface area (Å²) in [6.07, 6.45) is 3.25. The lowest BCUT2D eigenvalue weighted by Crippen LogP contribution is -1.86. The van der Waals surface area contributed by atoms with Crippen molar-refractivity contribution in [3.63, 3.8) is 0 Å². The Morgan fingerprint density at radius 2 is 2.22 bits per heavy atom. The average Bonchev–Trinajstić information content (AvgIpc) is 2.73. The predicted octanol–water partition coefficient (Wildman–Crippen LogP) is 2.96. The molecule has 2 N–H and O–H groups in total. The zero-order chi connectivity index (χ0) is 12.5. The van der Waals surface area contributed by atoms with Crippen LogP contribution in [-0.4, -0.2) is 15.0 Å². The number of fused-ring (bicyclic) bond motifs is 1. The molecule has 0 saturated heterocycles. The van der Waals surface area contributed by atoms with Gasteiger partial charge in [0.2, 0.25) is 0 Å². The fraction of sp³-hybridized carbons (Fsp3) is 0. The highest BCUT2D eigenvalue weighted by molar-refractivity contribution is 14.1. The molecule has 3 rings (SSSR count). The van der Waals surface area contributed by atoms with Crippen LogP contribution in [-0.2, 0) is 0 Å². The SMILES string of the molecule is Nc1ccc2oc(Sc3ncncc3I)nc2c1. The maximum atomic E-state index is 5.70. The van der Waals surface area contributed by atoms with E-state index in [9.17, 15) is 0 Å². The molecule has 2 aromatic heterocycles. The molecule has 2 heterocycles. The van der Waals surface area contributed by atoms with E-state index in [4.69, 9.17) is 10.2 Å². The standard InChI is InChI=1S/C11H7IN4OS/c12-7-4-14-5-15-10(7)18-11-16-8-3-6(13)1-2-9(8)17-11/h1-5H,13H2. The topological polar surface area (TPSA) is 77.8 Å². The molecule has 0 atom stereocenters. The summed E-state index contributed by atoms with van der Waals surface area (Å²) in [6.45, 7) is 0. The highest BCUT2D eigenvalue weighted by atomic mass is 127. The number of benzene rings is 1. The number of nitrogens with two attached hydrogens (primary N) is 1. The fourth-order valence-electron chi connectivity index (χ4n) is 1.43. The number of oxazole rings is 1. The monoisotopic (exact) mass is 370 g/mol. The lowest BCUT2D eigenvalue weighted by molar-refractivity contribution is 0.489. The molecule has 90 valence electrons. The Bertz CT molecular complexity index is 715. The molecule has 5 nitrogen and oxygen atoms in total. The minimum atomic E-state index is 0.548. The van der Waals surface area contributed by atoms with E-state index in [1.165, 1.54) is 18.1 Å². The number of rotatable bonds is 2. The van der Waals surface area contributed by atoms with Gasteiger partial charge in [0.05, 0.1) is 3.57 Å². The Balaban J connectivity index is 1.98. The second-order valence-corrected chi connectivity index (χ2v) is 5.59. The van der Waals surface area contributed by atoms with Crippen LogP contribution in [0.1, 0.15) is 0 Å². The van der Waals surface area contributed by atoms with Crippen molar-refractivity contribution in [2.24, 2.45) is 0 Å². The number of anilines is 1. The van der Waals surface area contributed by atoms with Gasteiger partial charge in [-0.1, -0.05) is 0 Å². The smallest absolute Gasteiger partial charge is 0.263 e. The molecule has 0 bridgehead atoms. The van der Waals surface area contributed by atoms with Gasteiger partial charge in [-0.05, 0) is 52.6 Å². The van der Waals surface area contributed by atoms with Crippen molar-refractivity contribution in [3.05, 3.63) is 34.3 Å². The Morgan fingerprint density at radius 1 is 1.33 bits per heavy atom. The Morgan fingerprint density at radius 3 is 3.06 bits per heavy atom. The van der Waals surface area contributed by atoms with Gasteiger partial charge in [0.1, 0.15) is 16.9 Å². The van der Waals surface area contributed by atoms with Crippen LogP contribution in [0, 0.1) is 3.57 Å². The summed E-state index contributed by atoms with van der Waals surface area (Å²) in [7, 11) is 0. The molecular weight excluding hydrogens is 363 g/mol. The van der Waals surface area contributed by atoms with Gasteiger partial charge >= 0.3 is 0 Å². The van der Waals surface area contributed by atoms with Gasteiger partial charge in [0.25, 0.3) is 5.22 Å². The maximum absolute atomic E-state index is 5.70.